The van der Waals surface area contributed by atoms with E-state index in [0.717, 1.165) is 0 Å². The standard InChI is InChI=1S/C17H24N4O5/c1-11(2)16(22)20-8-6-12(7-9-20)18-17(23)19-14-10-13(21(24)25)4-5-15(14)26-3/h4-5,10-12H,6-9H2,1-3H3,(H2,18,19,23). The van der Waals surface area contributed by atoms with Crippen molar-refractivity contribution >= 4 is 23.3 Å². The van der Waals surface area contributed by atoms with E-state index in [1.54, 1.807) is 0 Å². The first kappa shape index (κ1) is 19.5. The number of non-ortho nitro benzene ring substituents is 1. The molecule has 3 amide bonds. The van der Waals surface area contributed by atoms with Gasteiger partial charge in [0.2, 0.25) is 5.91 Å². The monoisotopic (exact) mass is 364 g/mol. The Morgan fingerprint density at radius 3 is 2.50 bits per heavy atom. The van der Waals surface area contributed by atoms with Crippen molar-refractivity contribution in [3.63, 3.8) is 0 Å². The van der Waals surface area contributed by atoms with Crippen molar-refractivity contribution in [2.24, 2.45) is 5.92 Å². The number of nitrogens with one attached hydrogen (secondary N) is 2. The number of piperidine rings is 1. The highest BCUT2D eigenvalue weighted by molar-refractivity contribution is 5.91. The third-order valence-corrected chi connectivity index (χ3v) is 4.28. The van der Waals surface area contributed by atoms with Crippen molar-refractivity contribution in [3.8, 4) is 5.75 Å². The van der Waals surface area contributed by atoms with Gasteiger partial charge in [0.1, 0.15) is 5.75 Å². The highest BCUT2D eigenvalue weighted by Gasteiger charge is 2.25. The molecule has 142 valence electrons. The number of nitro groups is 1. The average Bonchev–Trinajstić information content (AvgIpc) is 2.61. The average molecular weight is 364 g/mol. The molecule has 9 nitrogen and oxygen atoms in total. The Labute approximate surface area is 151 Å². The maximum Gasteiger partial charge on any atom is 0.319 e. The van der Waals surface area contributed by atoms with E-state index < -0.39 is 11.0 Å². The second-order valence-corrected chi connectivity index (χ2v) is 6.49. The highest BCUT2D eigenvalue weighted by atomic mass is 16.6. The first-order valence-electron chi connectivity index (χ1n) is 8.50. The van der Waals surface area contributed by atoms with Crippen LogP contribution in [0.1, 0.15) is 26.7 Å². The van der Waals surface area contributed by atoms with Gasteiger partial charge in [-0.2, -0.15) is 0 Å². The molecule has 0 aliphatic carbocycles. The fourth-order valence-corrected chi connectivity index (χ4v) is 2.86. The first-order valence-corrected chi connectivity index (χ1v) is 8.50. The second-order valence-electron chi connectivity index (χ2n) is 6.49. The summed E-state index contributed by atoms with van der Waals surface area (Å²) in [6.45, 7) is 4.93. The molecule has 1 saturated heterocycles. The molecular weight excluding hydrogens is 340 g/mol. The number of ether oxygens (including phenoxy) is 1. The van der Waals surface area contributed by atoms with E-state index in [1.807, 2.05) is 18.7 Å². The number of benzene rings is 1. The zero-order chi connectivity index (χ0) is 19.3. The van der Waals surface area contributed by atoms with Gasteiger partial charge in [-0.3, -0.25) is 14.9 Å². The molecule has 2 N–H and O–H groups in total. The van der Waals surface area contributed by atoms with E-state index in [0.29, 0.717) is 31.7 Å². The van der Waals surface area contributed by atoms with Gasteiger partial charge < -0.3 is 20.3 Å². The van der Waals surface area contributed by atoms with E-state index in [9.17, 15) is 19.7 Å². The van der Waals surface area contributed by atoms with Crippen LogP contribution < -0.4 is 15.4 Å². The lowest BCUT2D eigenvalue weighted by molar-refractivity contribution is -0.384. The number of carbonyl (C=O) groups is 2. The Kier molecular flexibility index (Phi) is 6.37. The van der Waals surface area contributed by atoms with E-state index in [1.165, 1.54) is 25.3 Å². The van der Waals surface area contributed by atoms with Gasteiger partial charge in [-0.15, -0.1) is 0 Å². The third-order valence-electron chi connectivity index (χ3n) is 4.28. The molecule has 0 spiro atoms. The molecule has 1 aliphatic rings. The zero-order valence-electron chi connectivity index (χ0n) is 15.2. The van der Waals surface area contributed by atoms with Gasteiger partial charge in [0.15, 0.2) is 0 Å². The number of rotatable bonds is 5. The summed E-state index contributed by atoms with van der Waals surface area (Å²) in [5, 5.41) is 16.3. The molecule has 0 radical (unpaired) electrons. The molecule has 26 heavy (non-hydrogen) atoms. The first-order chi connectivity index (χ1) is 12.3. The van der Waals surface area contributed by atoms with Crippen LogP contribution >= 0.6 is 0 Å². The van der Waals surface area contributed by atoms with E-state index in [4.69, 9.17) is 4.74 Å². The molecule has 1 fully saturated rings. The fourth-order valence-electron chi connectivity index (χ4n) is 2.86. The summed E-state index contributed by atoms with van der Waals surface area (Å²) >= 11 is 0. The highest BCUT2D eigenvalue weighted by Crippen LogP contribution is 2.28. The largest absolute Gasteiger partial charge is 0.495 e. The van der Waals surface area contributed by atoms with Crippen molar-refractivity contribution in [1.82, 2.24) is 10.2 Å². The van der Waals surface area contributed by atoms with Crippen molar-refractivity contribution < 1.29 is 19.2 Å². The van der Waals surface area contributed by atoms with Gasteiger partial charge in [0.05, 0.1) is 17.7 Å². The van der Waals surface area contributed by atoms with E-state index in [2.05, 4.69) is 10.6 Å². The van der Waals surface area contributed by atoms with Crippen molar-refractivity contribution in [1.29, 1.82) is 0 Å². The van der Waals surface area contributed by atoms with Crippen molar-refractivity contribution in [2.75, 3.05) is 25.5 Å². The molecule has 1 aliphatic heterocycles. The van der Waals surface area contributed by atoms with Crippen LogP contribution in [0.3, 0.4) is 0 Å². The minimum Gasteiger partial charge on any atom is -0.495 e. The van der Waals surface area contributed by atoms with E-state index >= 15 is 0 Å². The number of methoxy groups -OCH3 is 1. The molecule has 0 aromatic heterocycles. The number of likely N-dealkylation sites (tertiary alicyclic amines) is 1. The van der Waals surface area contributed by atoms with Gasteiger partial charge in [-0.05, 0) is 18.9 Å². The minimum absolute atomic E-state index is 0.0378. The lowest BCUT2D eigenvalue weighted by Crippen LogP contribution is -2.48. The molecular formula is C17H24N4O5. The molecule has 0 saturated carbocycles. The summed E-state index contributed by atoms with van der Waals surface area (Å²) in [4.78, 5) is 36.4. The van der Waals surface area contributed by atoms with Gasteiger partial charge in [-0.1, -0.05) is 13.8 Å². The van der Waals surface area contributed by atoms with Crippen LogP contribution in [0.15, 0.2) is 18.2 Å². The molecule has 1 aromatic carbocycles. The lowest BCUT2D eigenvalue weighted by Gasteiger charge is -2.33. The van der Waals surface area contributed by atoms with Gasteiger partial charge in [0, 0.05) is 37.2 Å². The quantitative estimate of drug-likeness (QED) is 0.615. The van der Waals surface area contributed by atoms with Crippen molar-refractivity contribution in [2.45, 2.75) is 32.7 Å². The summed E-state index contributed by atoms with van der Waals surface area (Å²) < 4.78 is 5.12. The van der Waals surface area contributed by atoms with Gasteiger partial charge in [-0.25, -0.2) is 4.79 Å². The van der Waals surface area contributed by atoms with Crippen LogP contribution in [0.5, 0.6) is 5.75 Å². The van der Waals surface area contributed by atoms with Crippen LogP contribution in [0.4, 0.5) is 16.2 Å². The predicted octanol–water partition coefficient (Wildman–Crippen LogP) is 2.37. The number of anilines is 1. The predicted molar refractivity (Wildman–Crippen MR) is 96.2 cm³/mol. The number of carbonyl (C=O) groups excluding carboxylic acids is 2. The Morgan fingerprint density at radius 2 is 1.96 bits per heavy atom. The maximum absolute atomic E-state index is 12.2. The van der Waals surface area contributed by atoms with Gasteiger partial charge in [0.25, 0.3) is 5.69 Å². The number of nitrogens with zero attached hydrogens (tertiary/aromatic N) is 2. The molecule has 0 unspecified atom stereocenters. The van der Waals surface area contributed by atoms with Crippen LogP contribution in [0, 0.1) is 16.0 Å². The molecule has 2 rings (SSSR count). The minimum atomic E-state index is -0.538. The molecule has 1 aromatic rings. The zero-order valence-corrected chi connectivity index (χ0v) is 15.2. The topological polar surface area (TPSA) is 114 Å². The smallest absolute Gasteiger partial charge is 0.319 e. The molecule has 1 heterocycles. The van der Waals surface area contributed by atoms with E-state index in [-0.39, 0.29) is 29.2 Å². The Balaban J connectivity index is 1.93. The Hall–Kier alpha value is -2.84. The number of hydrogen-bond acceptors (Lipinski definition) is 5. The third kappa shape index (κ3) is 4.84. The number of nitro benzene ring substituents is 1. The molecule has 0 bridgehead atoms. The summed E-state index contributed by atoms with van der Waals surface area (Å²) in [6, 6.07) is 3.48. The SMILES string of the molecule is COc1ccc([N+](=O)[O-])cc1NC(=O)NC1CCN(C(=O)C(C)C)CC1. The lowest BCUT2D eigenvalue weighted by atomic mass is 10.0. The maximum atomic E-state index is 12.2. The Bertz CT molecular complexity index is 684. The number of hydrogen-bond donors (Lipinski definition) is 2. The van der Waals surface area contributed by atoms with Gasteiger partial charge >= 0.3 is 6.03 Å². The fraction of sp³-hybridized carbons (Fsp3) is 0.529. The second kappa shape index (κ2) is 8.50. The van der Waals surface area contributed by atoms with Crippen LogP contribution in [-0.2, 0) is 4.79 Å². The summed E-state index contributed by atoms with van der Waals surface area (Å²) in [7, 11) is 1.42. The van der Waals surface area contributed by atoms with Crippen molar-refractivity contribution in [3.05, 3.63) is 28.3 Å². The van der Waals surface area contributed by atoms with Crippen LogP contribution in [-0.4, -0.2) is 48.0 Å². The number of amides is 3. The molecule has 9 heteroatoms. The summed E-state index contributed by atoms with van der Waals surface area (Å²) in [5.41, 5.74) is 0.0910. The van der Waals surface area contributed by atoms with Crippen LogP contribution in [0.25, 0.3) is 0 Å². The Morgan fingerprint density at radius 1 is 1.31 bits per heavy atom. The molecule has 0 atom stereocenters. The summed E-state index contributed by atoms with van der Waals surface area (Å²) in [6.07, 6.45) is 1.33. The number of urea groups is 1. The summed E-state index contributed by atoms with van der Waals surface area (Å²) in [5.74, 6) is 0.418. The normalized spacial score (nSPS) is 14.8. The van der Waals surface area contributed by atoms with Crippen LogP contribution in [0.2, 0.25) is 0 Å².